The molecule has 12 heavy (non-hydrogen) atoms. The number of rotatable bonds is 5. The van der Waals surface area contributed by atoms with Crippen molar-refractivity contribution in [3.8, 4) is 0 Å². The molecular formula is C8H16N2O2. The molecule has 0 heterocycles. The van der Waals surface area contributed by atoms with Gasteiger partial charge in [-0.05, 0) is 6.92 Å². The van der Waals surface area contributed by atoms with E-state index in [2.05, 4.69) is 11.9 Å². The van der Waals surface area contributed by atoms with Gasteiger partial charge >= 0.3 is 6.03 Å². The van der Waals surface area contributed by atoms with E-state index in [1.165, 1.54) is 4.90 Å². The van der Waals surface area contributed by atoms with Crippen LogP contribution in [0.2, 0.25) is 0 Å². The van der Waals surface area contributed by atoms with Gasteiger partial charge in [0.1, 0.15) is 0 Å². The molecule has 0 aromatic carbocycles. The van der Waals surface area contributed by atoms with Gasteiger partial charge in [-0.15, -0.1) is 6.58 Å². The molecule has 0 bridgehead atoms. The van der Waals surface area contributed by atoms with Gasteiger partial charge in [-0.3, -0.25) is 0 Å². The monoisotopic (exact) mass is 172 g/mol. The van der Waals surface area contributed by atoms with Gasteiger partial charge in [-0.2, -0.15) is 0 Å². The third-order valence-electron chi connectivity index (χ3n) is 1.44. The van der Waals surface area contributed by atoms with Gasteiger partial charge in [0.15, 0.2) is 0 Å². The first kappa shape index (κ1) is 11.0. The van der Waals surface area contributed by atoms with Crippen LogP contribution in [-0.2, 0) is 0 Å². The van der Waals surface area contributed by atoms with Crippen molar-refractivity contribution in [3.05, 3.63) is 12.7 Å². The van der Waals surface area contributed by atoms with Crippen LogP contribution in [0.4, 0.5) is 4.79 Å². The minimum Gasteiger partial charge on any atom is -0.395 e. The lowest BCUT2D eigenvalue weighted by Gasteiger charge is -2.19. The summed E-state index contributed by atoms with van der Waals surface area (Å²) in [7, 11) is 0. The normalized spacial score (nSPS) is 9.17. The van der Waals surface area contributed by atoms with Crippen molar-refractivity contribution in [3.63, 3.8) is 0 Å². The Morgan fingerprint density at radius 1 is 1.75 bits per heavy atom. The number of nitrogens with one attached hydrogen (secondary N) is 1. The number of hydrogen-bond donors (Lipinski definition) is 2. The highest BCUT2D eigenvalue weighted by Crippen LogP contribution is 1.87. The molecule has 0 aliphatic carbocycles. The highest BCUT2D eigenvalue weighted by atomic mass is 16.3. The summed E-state index contributed by atoms with van der Waals surface area (Å²) >= 11 is 0. The summed E-state index contributed by atoms with van der Waals surface area (Å²) < 4.78 is 0. The molecule has 0 fully saturated rings. The Bertz CT molecular complexity index is 148. The topological polar surface area (TPSA) is 52.6 Å². The number of urea groups is 1. The van der Waals surface area contributed by atoms with Crippen LogP contribution < -0.4 is 5.32 Å². The Labute approximate surface area is 72.9 Å². The van der Waals surface area contributed by atoms with Gasteiger partial charge < -0.3 is 15.3 Å². The molecule has 0 aliphatic rings. The highest BCUT2D eigenvalue weighted by Gasteiger charge is 2.07. The average Bonchev–Trinajstić information content (AvgIpc) is 2.10. The van der Waals surface area contributed by atoms with Crippen molar-refractivity contribution < 1.29 is 9.90 Å². The summed E-state index contributed by atoms with van der Waals surface area (Å²) in [6.45, 7) is 6.78. The minimum atomic E-state index is -0.161. The second-order valence-corrected chi connectivity index (χ2v) is 2.28. The minimum absolute atomic E-state index is 0.00461. The van der Waals surface area contributed by atoms with E-state index < -0.39 is 0 Å². The van der Waals surface area contributed by atoms with Gasteiger partial charge in [0.2, 0.25) is 0 Å². The number of carbonyl (C=O) groups excluding carboxylic acids is 1. The van der Waals surface area contributed by atoms with Crippen LogP contribution in [0.1, 0.15) is 6.92 Å². The predicted molar refractivity (Wildman–Crippen MR) is 47.9 cm³/mol. The molecule has 0 aromatic heterocycles. The second kappa shape index (κ2) is 6.67. The van der Waals surface area contributed by atoms with E-state index in [0.29, 0.717) is 19.6 Å². The first-order valence-corrected chi connectivity index (χ1v) is 4.00. The Kier molecular flexibility index (Phi) is 6.09. The number of aliphatic hydroxyl groups is 1. The van der Waals surface area contributed by atoms with Crippen molar-refractivity contribution >= 4 is 6.03 Å². The summed E-state index contributed by atoms with van der Waals surface area (Å²) in [5.74, 6) is 0. The standard InChI is InChI=1S/C8H16N2O2/c1-3-5-9-8(12)10(4-2)6-7-11/h3,11H,1,4-7H2,2H3,(H,9,12). The smallest absolute Gasteiger partial charge is 0.317 e. The lowest BCUT2D eigenvalue weighted by Crippen LogP contribution is -2.41. The summed E-state index contributed by atoms with van der Waals surface area (Å²) in [5.41, 5.74) is 0. The van der Waals surface area contributed by atoms with Crippen molar-refractivity contribution in [2.45, 2.75) is 6.92 Å². The lowest BCUT2D eigenvalue weighted by molar-refractivity contribution is 0.181. The average molecular weight is 172 g/mol. The Morgan fingerprint density at radius 3 is 2.83 bits per heavy atom. The van der Waals surface area contributed by atoms with Gasteiger partial charge in [-0.1, -0.05) is 6.08 Å². The van der Waals surface area contributed by atoms with Crippen LogP contribution in [0, 0.1) is 0 Å². The fourth-order valence-electron chi connectivity index (χ4n) is 0.795. The fourth-order valence-corrected chi connectivity index (χ4v) is 0.795. The molecular weight excluding hydrogens is 156 g/mol. The predicted octanol–water partition coefficient (Wildman–Crippen LogP) is 0.196. The van der Waals surface area contributed by atoms with E-state index in [4.69, 9.17) is 5.11 Å². The zero-order chi connectivity index (χ0) is 9.40. The SMILES string of the molecule is C=CCNC(=O)N(CC)CCO. The van der Waals surface area contributed by atoms with E-state index in [9.17, 15) is 4.79 Å². The first-order chi connectivity index (χ1) is 5.76. The number of hydrogen-bond acceptors (Lipinski definition) is 2. The molecule has 70 valence electrons. The van der Waals surface area contributed by atoms with Crippen LogP contribution in [0.3, 0.4) is 0 Å². The van der Waals surface area contributed by atoms with Crippen molar-refractivity contribution in [2.24, 2.45) is 0 Å². The molecule has 2 amide bonds. The third-order valence-corrected chi connectivity index (χ3v) is 1.44. The molecule has 0 rings (SSSR count). The number of carbonyl (C=O) groups is 1. The van der Waals surface area contributed by atoms with E-state index in [0.717, 1.165) is 0 Å². The quantitative estimate of drug-likeness (QED) is 0.582. The third kappa shape index (κ3) is 3.98. The van der Waals surface area contributed by atoms with Crippen LogP contribution in [-0.4, -0.2) is 42.3 Å². The Balaban J connectivity index is 3.76. The number of likely N-dealkylation sites (N-methyl/N-ethyl adjacent to an activating group) is 1. The largest absolute Gasteiger partial charge is 0.395 e. The van der Waals surface area contributed by atoms with Crippen molar-refractivity contribution in [2.75, 3.05) is 26.2 Å². The molecule has 4 heteroatoms. The zero-order valence-electron chi connectivity index (χ0n) is 7.42. The molecule has 0 saturated heterocycles. The molecule has 0 aromatic rings. The maximum absolute atomic E-state index is 11.2. The van der Waals surface area contributed by atoms with E-state index in [1.807, 2.05) is 6.92 Å². The molecule has 0 spiro atoms. The van der Waals surface area contributed by atoms with Gasteiger partial charge in [0.25, 0.3) is 0 Å². The van der Waals surface area contributed by atoms with E-state index >= 15 is 0 Å². The number of aliphatic hydroxyl groups excluding tert-OH is 1. The van der Waals surface area contributed by atoms with Gasteiger partial charge in [0, 0.05) is 19.6 Å². The molecule has 0 unspecified atom stereocenters. The summed E-state index contributed by atoms with van der Waals surface area (Å²) in [5, 5.41) is 11.2. The summed E-state index contributed by atoms with van der Waals surface area (Å²) in [6.07, 6.45) is 1.62. The van der Waals surface area contributed by atoms with E-state index in [-0.39, 0.29) is 12.6 Å². The first-order valence-electron chi connectivity index (χ1n) is 4.00. The summed E-state index contributed by atoms with van der Waals surface area (Å²) in [6, 6.07) is -0.161. The second-order valence-electron chi connectivity index (χ2n) is 2.28. The maximum Gasteiger partial charge on any atom is 0.317 e. The lowest BCUT2D eigenvalue weighted by atomic mass is 10.5. The number of nitrogens with zero attached hydrogens (tertiary/aromatic N) is 1. The molecule has 0 atom stereocenters. The van der Waals surface area contributed by atoms with Crippen LogP contribution in [0.15, 0.2) is 12.7 Å². The molecule has 2 N–H and O–H groups in total. The van der Waals surface area contributed by atoms with Gasteiger partial charge in [0.05, 0.1) is 6.61 Å². The number of amides is 2. The molecule has 0 aliphatic heterocycles. The van der Waals surface area contributed by atoms with Crippen LogP contribution in [0.25, 0.3) is 0 Å². The van der Waals surface area contributed by atoms with E-state index in [1.54, 1.807) is 6.08 Å². The Hall–Kier alpha value is -1.03. The fraction of sp³-hybridized carbons (Fsp3) is 0.625. The van der Waals surface area contributed by atoms with Crippen molar-refractivity contribution in [1.29, 1.82) is 0 Å². The van der Waals surface area contributed by atoms with Crippen LogP contribution in [0.5, 0.6) is 0 Å². The maximum atomic E-state index is 11.2. The Morgan fingerprint density at radius 2 is 2.42 bits per heavy atom. The molecule has 0 radical (unpaired) electrons. The summed E-state index contributed by atoms with van der Waals surface area (Å²) in [4.78, 5) is 12.7. The highest BCUT2D eigenvalue weighted by molar-refractivity contribution is 5.74. The molecule has 4 nitrogen and oxygen atoms in total. The zero-order valence-corrected chi connectivity index (χ0v) is 7.42. The molecule has 0 saturated carbocycles. The van der Waals surface area contributed by atoms with Crippen LogP contribution >= 0.6 is 0 Å². The van der Waals surface area contributed by atoms with Gasteiger partial charge in [-0.25, -0.2) is 4.79 Å². The van der Waals surface area contributed by atoms with Crippen molar-refractivity contribution in [1.82, 2.24) is 10.2 Å².